The monoisotopic (exact) mass is 254 g/mol. The highest BCUT2D eigenvalue weighted by Gasteiger charge is 2.25. The van der Waals surface area contributed by atoms with Gasteiger partial charge < -0.3 is 4.90 Å². The highest BCUT2D eigenvalue weighted by atomic mass is 19.3. The summed E-state index contributed by atoms with van der Waals surface area (Å²) in [6, 6.07) is 3.19. The highest BCUT2D eigenvalue weighted by molar-refractivity contribution is 5.40. The standard InChI is InChI=1S/C14H20F2N2/c1-3-11-6-8-18(9-7-11)13-5-4-12(10-17-13)14(2,15)16/h4-5,10-11H,3,6-9H2,1-2H3. The van der Waals surface area contributed by atoms with Gasteiger partial charge in [0, 0.05) is 31.8 Å². The number of hydrogen-bond donors (Lipinski definition) is 0. The van der Waals surface area contributed by atoms with Crippen molar-refractivity contribution in [3.8, 4) is 0 Å². The Balaban J connectivity index is 2.02. The minimum Gasteiger partial charge on any atom is -0.357 e. The molecule has 2 rings (SSSR count). The number of pyridine rings is 1. The van der Waals surface area contributed by atoms with Gasteiger partial charge in [0.15, 0.2) is 0 Å². The van der Waals surface area contributed by atoms with E-state index in [1.54, 1.807) is 6.07 Å². The number of anilines is 1. The van der Waals surface area contributed by atoms with Gasteiger partial charge in [0.1, 0.15) is 5.82 Å². The van der Waals surface area contributed by atoms with Crippen molar-refractivity contribution in [3.05, 3.63) is 23.9 Å². The lowest BCUT2D eigenvalue weighted by Gasteiger charge is -2.32. The van der Waals surface area contributed by atoms with Crippen molar-refractivity contribution in [2.45, 2.75) is 39.0 Å². The van der Waals surface area contributed by atoms with E-state index >= 15 is 0 Å². The largest absolute Gasteiger partial charge is 0.357 e. The maximum atomic E-state index is 13.1. The number of hydrogen-bond acceptors (Lipinski definition) is 2. The molecule has 0 atom stereocenters. The van der Waals surface area contributed by atoms with Crippen molar-refractivity contribution in [2.24, 2.45) is 5.92 Å². The van der Waals surface area contributed by atoms with Crippen molar-refractivity contribution in [2.75, 3.05) is 18.0 Å². The molecule has 0 aliphatic carbocycles. The van der Waals surface area contributed by atoms with Gasteiger partial charge in [0.2, 0.25) is 0 Å². The van der Waals surface area contributed by atoms with Gasteiger partial charge in [-0.15, -0.1) is 0 Å². The molecule has 0 N–H and O–H groups in total. The molecular formula is C14H20F2N2. The molecule has 1 fully saturated rings. The van der Waals surface area contributed by atoms with Crippen molar-refractivity contribution < 1.29 is 8.78 Å². The first-order valence-electron chi connectivity index (χ1n) is 6.60. The van der Waals surface area contributed by atoms with E-state index in [0.717, 1.165) is 31.7 Å². The van der Waals surface area contributed by atoms with Gasteiger partial charge in [-0.2, -0.15) is 0 Å². The Labute approximate surface area is 107 Å². The zero-order valence-corrected chi connectivity index (χ0v) is 11.0. The number of halogens is 2. The fourth-order valence-corrected chi connectivity index (χ4v) is 2.40. The summed E-state index contributed by atoms with van der Waals surface area (Å²) in [5, 5.41) is 0. The molecule has 1 aromatic rings. The molecule has 0 radical (unpaired) electrons. The average Bonchev–Trinajstić information content (AvgIpc) is 2.38. The van der Waals surface area contributed by atoms with Crippen LogP contribution in [0.15, 0.2) is 18.3 Å². The molecule has 1 aliphatic heterocycles. The van der Waals surface area contributed by atoms with Gasteiger partial charge in [-0.05, 0) is 30.9 Å². The van der Waals surface area contributed by atoms with Crippen LogP contribution in [-0.4, -0.2) is 18.1 Å². The first-order valence-corrected chi connectivity index (χ1v) is 6.60. The Morgan fingerprint density at radius 2 is 2.00 bits per heavy atom. The SMILES string of the molecule is CCC1CCN(c2ccc(C(C)(F)F)cn2)CC1. The van der Waals surface area contributed by atoms with Crippen molar-refractivity contribution in [1.82, 2.24) is 4.98 Å². The van der Waals surface area contributed by atoms with Gasteiger partial charge >= 0.3 is 0 Å². The Bertz CT molecular complexity index is 376. The first-order chi connectivity index (χ1) is 8.50. The van der Waals surface area contributed by atoms with E-state index in [-0.39, 0.29) is 5.56 Å². The summed E-state index contributed by atoms with van der Waals surface area (Å²) in [5.74, 6) is -1.18. The predicted octanol–water partition coefficient (Wildman–Crippen LogP) is 3.82. The maximum absolute atomic E-state index is 13.1. The molecule has 0 spiro atoms. The molecule has 1 aliphatic rings. The molecule has 0 aromatic carbocycles. The van der Waals surface area contributed by atoms with Crippen LogP contribution in [0.25, 0.3) is 0 Å². The van der Waals surface area contributed by atoms with Gasteiger partial charge in [-0.3, -0.25) is 0 Å². The third-order valence-electron chi connectivity index (χ3n) is 3.77. The summed E-state index contributed by atoms with van der Waals surface area (Å²) in [5.41, 5.74) is -0.0188. The van der Waals surface area contributed by atoms with Crippen LogP contribution in [0.1, 0.15) is 38.7 Å². The summed E-state index contributed by atoms with van der Waals surface area (Å²) in [6.45, 7) is 5.08. The summed E-state index contributed by atoms with van der Waals surface area (Å²) in [7, 11) is 0. The second kappa shape index (κ2) is 5.21. The van der Waals surface area contributed by atoms with Crippen LogP contribution in [0.2, 0.25) is 0 Å². The van der Waals surface area contributed by atoms with Crippen LogP contribution in [0.4, 0.5) is 14.6 Å². The fourth-order valence-electron chi connectivity index (χ4n) is 2.40. The third kappa shape index (κ3) is 2.98. The molecule has 4 heteroatoms. The molecule has 2 nitrogen and oxygen atoms in total. The molecule has 1 saturated heterocycles. The lowest BCUT2D eigenvalue weighted by atomic mass is 9.94. The minimum atomic E-state index is -2.80. The quantitative estimate of drug-likeness (QED) is 0.815. The lowest BCUT2D eigenvalue weighted by Crippen LogP contribution is -2.34. The predicted molar refractivity (Wildman–Crippen MR) is 69.0 cm³/mol. The van der Waals surface area contributed by atoms with E-state index in [1.165, 1.54) is 31.5 Å². The van der Waals surface area contributed by atoms with E-state index < -0.39 is 5.92 Å². The van der Waals surface area contributed by atoms with E-state index in [9.17, 15) is 8.78 Å². The van der Waals surface area contributed by atoms with Crippen LogP contribution in [0, 0.1) is 5.92 Å². The molecule has 0 unspecified atom stereocenters. The fraction of sp³-hybridized carbons (Fsp3) is 0.643. The Morgan fingerprint density at radius 3 is 2.44 bits per heavy atom. The zero-order valence-electron chi connectivity index (χ0n) is 11.0. The third-order valence-corrected chi connectivity index (χ3v) is 3.77. The van der Waals surface area contributed by atoms with E-state index in [4.69, 9.17) is 0 Å². The van der Waals surface area contributed by atoms with Gasteiger partial charge in [0.25, 0.3) is 5.92 Å². The van der Waals surface area contributed by atoms with Crippen molar-refractivity contribution >= 4 is 5.82 Å². The number of rotatable bonds is 3. The van der Waals surface area contributed by atoms with Crippen molar-refractivity contribution in [1.29, 1.82) is 0 Å². The van der Waals surface area contributed by atoms with E-state index in [1.807, 2.05) is 0 Å². The molecule has 100 valence electrons. The lowest BCUT2D eigenvalue weighted by molar-refractivity contribution is 0.0171. The Kier molecular flexibility index (Phi) is 3.83. The summed E-state index contributed by atoms with van der Waals surface area (Å²) in [4.78, 5) is 6.35. The number of alkyl halides is 2. The molecular weight excluding hydrogens is 234 g/mol. The van der Waals surface area contributed by atoms with Crippen LogP contribution in [-0.2, 0) is 5.92 Å². The zero-order chi connectivity index (χ0) is 13.2. The van der Waals surface area contributed by atoms with Crippen LogP contribution >= 0.6 is 0 Å². The number of piperidine rings is 1. The molecule has 2 heterocycles. The van der Waals surface area contributed by atoms with Gasteiger partial charge in [0.05, 0.1) is 0 Å². The van der Waals surface area contributed by atoms with Crippen LogP contribution < -0.4 is 4.90 Å². The summed E-state index contributed by atoms with van der Waals surface area (Å²) in [6.07, 6.45) is 4.86. The van der Waals surface area contributed by atoms with Crippen molar-refractivity contribution in [3.63, 3.8) is 0 Å². The normalized spacial score (nSPS) is 18.1. The smallest absolute Gasteiger partial charge is 0.272 e. The Hall–Kier alpha value is -1.19. The Morgan fingerprint density at radius 1 is 1.33 bits per heavy atom. The molecule has 18 heavy (non-hydrogen) atoms. The van der Waals surface area contributed by atoms with Gasteiger partial charge in [-0.25, -0.2) is 13.8 Å². The first kappa shape index (κ1) is 13.2. The average molecular weight is 254 g/mol. The topological polar surface area (TPSA) is 16.1 Å². The number of aromatic nitrogens is 1. The highest BCUT2D eigenvalue weighted by Crippen LogP contribution is 2.28. The molecule has 0 amide bonds. The molecule has 0 bridgehead atoms. The second-order valence-electron chi connectivity index (χ2n) is 5.13. The van der Waals surface area contributed by atoms with E-state index in [2.05, 4.69) is 16.8 Å². The number of nitrogens with zero attached hydrogens (tertiary/aromatic N) is 2. The molecule has 0 saturated carbocycles. The van der Waals surface area contributed by atoms with Crippen LogP contribution in [0.5, 0.6) is 0 Å². The van der Waals surface area contributed by atoms with E-state index in [0.29, 0.717) is 0 Å². The maximum Gasteiger partial charge on any atom is 0.272 e. The summed E-state index contributed by atoms with van der Waals surface area (Å²) < 4.78 is 26.1. The van der Waals surface area contributed by atoms with Gasteiger partial charge in [-0.1, -0.05) is 13.3 Å². The molecule has 1 aromatic heterocycles. The second-order valence-corrected chi connectivity index (χ2v) is 5.13. The van der Waals surface area contributed by atoms with Crippen LogP contribution in [0.3, 0.4) is 0 Å². The minimum absolute atomic E-state index is 0.0188. The summed E-state index contributed by atoms with van der Waals surface area (Å²) >= 11 is 0.